The summed E-state index contributed by atoms with van der Waals surface area (Å²) in [5.41, 5.74) is 1.84. The van der Waals surface area contributed by atoms with Gasteiger partial charge in [0, 0.05) is 37.8 Å². The third-order valence-electron chi connectivity index (χ3n) is 6.20. The van der Waals surface area contributed by atoms with E-state index in [0.717, 1.165) is 26.2 Å². The Morgan fingerprint density at radius 1 is 1.00 bits per heavy atom. The van der Waals surface area contributed by atoms with Crippen LogP contribution in [-0.2, 0) is 10.2 Å². The lowest BCUT2D eigenvalue weighted by molar-refractivity contribution is -0.134. The van der Waals surface area contributed by atoms with E-state index < -0.39 is 6.04 Å². The zero-order valence-corrected chi connectivity index (χ0v) is 17.8. The minimum Gasteiger partial charge on any atom is -0.341 e. The van der Waals surface area contributed by atoms with Gasteiger partial charge in [-0.25, -0.2) is 0 Å². The minimum atomic E-state index is -0.507. The fraction of sp³-hybridized carbons (Fsp3) is 0.652. The molecule has 1 aromatic rings. The van der Waals surface area contributed by atoms with Crippen molar-refractivity contribution < 1.29 is 9.59 Å². The smallest absolute Gasteiger partial charge is 0.251 e. The number of benzene rings is 1. The van der Waals surface area contributed by atoms with Gasteiger partial charge in [-0.2, -0.15) is 0 Å². The molecule has 5 nitrogen and oxygen atoms in total. The molecular weight excluding hydrogens is 350 g/mol. The molecule has 1 saturated heterocycles. The summed E-state index contributed by atoms with van der Waals surface area (Å²) in [6, 6.07) is 7.87. The van der Waals surface area contributed by atoms with Crippen LogP contribution in [0.2, 0.25) is 0 Å². The van der Waals surface area contributed by atoms with Crippen molar-refractivity contribution in [2.45, 2.75) is 70.9 Å². The average Bonchev–Trinajstić information content (AvgIpc) is 3.21. The number of amides is 2. The van der Waals surface area contributed by atoms with Crippen LogP contribution >= 0.6 is 0 Å². The predicted molar refractivity (Wildman–Crippen MR) is 112 cm³/mol. The molecule has 28 heavy (non-hydrogen) atoms. The first-order valence-electron chi connectivity index (χ1n) is 10.7. The summed E-state index contributed by atoms with van der Waals surface area (Å²) in [6.45, 7) is 11.6. The topological polar surface area (TPSA) is 52.7 Å². The molecule has 1 aromatic carbocycles. The monoisotopic (exact) mass is 385 g/mol. The minimum absolute atomic E-state index is 0.0192. The summed E-state index contributed by atoms with van der Waals surface area (Å²) in [6.07, 6.45) is 5.27. The zero-order chi connectivity index (χ0) is 20.3. The predicted octanol–water partition coefficient (Wildman–Crippen LogP) is 3.19. The van der Waals surface area contributed by atoms with Crippen molar-refractivity contribution in [1.82, 2.24) is 15.1 Å². The van der Waals surface area contributed by atoms with Gasteiger partial charge < -0.3 is 10.2 Å². The highest BCUT2D eigenvalue weighted by atomic mass is 16.2. The van der Waals surface area contributed by atoms with Crippen LogP contribution < -0.4 is 5.32 Å². The maximum atomic E-state index is 12.8. The second-order valence-electron chi connectivity index (χ2n) is 9.32. The van der Waals surface area contributed by atoms with Crippen LogP contribution in [0, 0.1) is 0 Å². The molecule has 1 atom stereocenters. The Balaban J connectivity index is 1.50. The summed E-state index contributed by atoms with van der Waals surface area (Å²) >= 11 is 0. The molecule has 3 rings (SSSR count). The lowest BCUT2D eigenvalue weighted by atomic mass is 9.86. The molecular formula is C23H35N3O2. The molecule has 2 aliphatic rings. The maximum absolute atomic E-state index is 12.8. The van der Waals surface area contributed by atoms with Gasteiger partial charge in [-0.1, -0.05) is 45.7 Å². The summed E-state index contributed by atoms with van der Waals surface area (Å²) in [5.74, 6) is -0.170. The normalized spacial score (nSPS) is 20.2. The highest BCUT2D eigenvalue weighted by Gasteiger charge is 2.30. The average molecular weight is 386 g/mol. The molecule has 154 valence electrons. The molecule has 5 heteroatoms. The van der Waals surface area contributed by atoms with Gasteiger partial charge in [-0.3, -0.25) is 14.5 Å². The van der Waals surface area contributed by atoms with Gasteiger partial charge in [0.1, 0.15) is 6.04 Å². The Hall–Kier alpha value is -1.88. The first-order valence-corrected chi connectivity index (χ1v) is 10.7. The van der Waals surface area contributed by atoms with Crippen molar-refractivity contribution in [2.24, 2.45) is 0 Å². The summed E-state index contributed by atoms with van der Waals surface area (Å²) in [4.78, 5) is 29.8. The number of carbonyl (C=O) groups excluding carboxylic acids is 2. The molecule has 0 bridgehead atoms. The molecule has 1 heterocycles. The fourth-order valence-corrected chi connectivity index (χ4v) is 4.31. The molecule has 1 N–H and O–H groups in total. The number of piperazine rings is 1. The number of nitrogens with zero attached hydrogens (tertiary/aromatic N) is 2. The van der Waals surface area contributed by atoms with Gasteiger partial charge in [0.2, 0.25) is 5.91 Å². The number of nitrogens with one attached hydrogen (secondary N) is 1. The molecule has 1 aliphatic heterocycles. The Morgan fingerprint density at radius 3 is 2.11 bits per heavy atom. The number of hydrogen-bond donors (Lipinski definition) is 1. The van der Waals surface area contributed by atoms with E-state index >= 15 is 0 Å². The van der Waals surface area contributed by atoms with E-state index in [1.165, 1.54) is 31.2 Å². The van der Waals surface area contributed by atoms with Crippen molar-refractivity contribution >= 4 is 11.8 Å². The number of carbonyl (C=O) groups is 2. The third-order valence-corrected chi connectivity index (χ3v) is 6.20. The lowest BCUT2D eigenvalue weighted by Crippen LogP contribution is -2.55. The third kappa shape index (κ3) is 4.93. The first kappa shape index (κ1) is 20.8. The number of rotatable bonds is 4. The molecule has 1 saturated carbocycles. The molecule has 0 aromatic heterocycles. The Bertz CT molecular complexity index is 679. The molecule has 2 fully saturated rings. The molecule has 0 radical (unpaired) electrons. The fourth-order valence-electron chi connectivity index (χ4n) is 4.31. The van der Waals surface area contributed by atoms with Crippen LogP contribution in [0.25, 0.3) is 0 Å². The van der Waals surface area contributed by atoms with Crippen molar-refractivity contribution in [3.8, 4) is 0 Å². The SMILES string of the molecule is CC(NC(=O)c1ccc(C(C)(C)C)cc1)C(=O)N1CCN(C2CCCC2)CC1. The van der Waals surface area contributed by atoms with Gasteiger partial charge in [-0.15, -0.1) is 0 Å². The van der Waals surface area contributed by atoms with E-state index in [-0.39, 0.29) is 17.2 Å². The molecule has 2 amide bonds. The highest BCUT2D eigenvalue weighted by molar-refractivity contribution is 5.97. The zero-order valence-electron chi connectivity index (χ0n) is 17.8. The van der Waals surface area contributed by atoms with E-state index in [1.807, 2.05) is 29.2 Å². The molecule has 1 unspecified atom stereocenters. The van der Waals surface area contributed by atoms with Crippen LogP contribution in [-0.4, -0.2) is 59.9 Å². The van der Waals surface area contributed by atoms with Crippen LogP contribution in [0.3, 0.4) is 0 Å². The largest absolute Gasteiger partial charge is 0.341 e. The second kappa shape index (κ2) is 8.64. The van der Waals surface area contributed by atoms with Crippen LogP contribution in [0.4, 0.5) is 0 Å². The van der Waals surface area contributed by atoms with Crippen molar-refractivity contribution in [3.63, 3.8) is 0 Å². The van der Waals surface area contributed by atoms with Gasteiger partial charge >= 0.3 is 0 Å². The standard InChI is InChI=1S/C23H35N3O2/c1-17(24-21(27)18-9-11-19(12-10-18)23(2,3)4)22(28)26-15-13-25(14-16-26)20-7-5-6-8-20/h9-12,17,20H,5-8,13-16H2,1-4H3,(H,24,27). The van der Waals surface area contributed by atoms with Crippen molar-refractivity contribution in [1.29, 1.82) is 0 Å². The van der Waals surface area contributed by atoms with Crippen LogP contribution in [0.1, 0.15) is 69.3 Å². The Kier molecular flexibility index (Phi) is 6.43. The van der Waals surface area contributed by atoms with Crippen molar-refractivity contribution in [3.05, 3.63) is 35.4 Å². The van der Waals surface area contributed by atoms with E-state index in [4.69, 9.17) is 0 Å². The summed E-state index contributed by atoms with van der Waals surface area (Å²) in [7, 11) is 0. The van der Waals surface area contributed by atoms with E-state index in [0.29, 0.717) is 11.6 Å². The van der Waals surface area contributed by atoms with E-state index in [1.54, 1.807) is 6.92 Å². The van der Waals surface area contributed by atoms with Crippen LogP contribution in [0.15, 0.2) is 24.3 Å². The molecule has 0 spiro atoms. The number of hydrogen-bond acceptors (Lipinski definition) is 3. The Morgan fingerprint density at radius 2 is 1.57 bits per heavy atom. The maximum Gasteiger partial charge on any atom is 0.251 e. The quantitative estimate of drug-likeness (QED) is 0.866. The second-order valence-corrected chi connectivity index (χ2v) is 9.32. The summed E-state index contributed by atoms with van der Waals surface area (Å²) < 4.78 is 0. The van der Waals surface area contributed by atoms with Gasteiger partial charge in [0.15, 0.2) is 0 Å². The van der Waals surface area contributed by atoms with Crippen LogP contribution in [0.5, 0.6) is 0 Å². The highest BCUT2D eigenvalue weighted by Crippen LogP contribution is 2.24. The summed E-state index contributed by atoms with van der Waals surface area (Å²) in [5, 5.41) is 2.87. The van der Waals surface area contributed by atoms with Crippen molar-refractivity contribution in [2.75, 3.05) is 26.2 Å². The Labute approximate surface area is 169 Å². The van der Waals surface area contributed by atoms with E-state index in [9.17, 15) is 9.59 Å². The van der Waals surface area contributed by atoms with Gasteiger partial charge in [0.05, 0.1) is 0 Å². The van der Waals surface area contributed by atoms with Gasteiger partial charge in [0.25, 0.3) is 5.91 Å². The van der Waals surface area contributed by atoms with Gasteiger partial charge in [-0.05, 0) is 42.9 Å². The molecule has 1 aliphatic carbocycles. The first-order chi connectivity index (χ1) is 13.3. The lowest BCUT2D eigenvalue weighted by Gasteiger charge is -2.39. The van der Waals surface area contributed by atoms with E-state index in [2.05, 4.69) is 31.0 Å².